The van der Waals surface area contributed by atoms with Crippen molar-refractivity contribution in [3.05, 3.63) is 0 Å². The van der Waals surface area contributed by atoms with Crippen LogP contribution >= 0.6 is 0 Å². The van der Waals surface area contributed by atoms with E-state index in [4.69, 9.17) is 5.73 Å². The molecule has 2 heteroatoms. The number of nitrogens with zero attached hydrogens (tertiary/aromatic N) is 1. The Morgan fingerprint density at radius 1 is 1.25 bits per heavy atom. The smallest absolute Gasteiger partial charge is 0.0109 e. The van der Waals surface area contributed by atoms with E-state index in [0.29, 0.717) is 5.41 Å². The molecule has 0 atom stereocenters. The highest BCUT2D eigenvalue weighted by molar-refractivity contribution is 4.84. The molecule has 1 saturated carbocycles. The molecule has 1 aliphatic carbocycles. The van der Waals surface area contributed by atoms with E-state index in [1.54, 1.807) is 0 Å². The zero-order chi connectivity index (χ0) is 12.4. The van der Waals surface area contributed by atoms with Gasteiger partial charge in [-0.3, -0.25) is 0 Å². The predicted octanol–water partition coefficient (Wildman–Crippen LogP) is 3.01. The van der Waals surface area contributed by atoms with E-state index in [2.05, 4.69) is 39.6 Å². The molecule has 2 nitrogen and oxygen atoms in total. The Hall–Kier alpha value is -0.0800. The maximum absolute atomic E-state index is 6.03. The lowest BCUT2D eigenvalue weighted by molar-refractivity contribution is 0.122. The van der Waals surface area contributed by atoms with Crippen molar-refractivity contribution in [3.63, 3.8) is 0 Å². The summed E-state index contributed by atoms with van der Waals surface area (Å²) in [5, 5.41) is 0. The van der Waals surface area contributed by atoms with Gasteiger partial charge in [-0.05, 0) is 65.0 Å². The lowest BCUT2D eigenvalue weighted by atomic mass is 9.75. The van der Waals surface area contributed by atoms with Gasteiger partial charge < -0.3 is 10.6 Å². The van der Waals surface area contributed by atoms with Gasteiger partial charge in [0.05, 0.1) is 0 Å². The zero-order valence-electron chi connectivity index (χ0n) is 11.8. The molecule has 0 unspecified atom stereocenters. The Balaban J connectivity index is 2.31. The summed E-state index contributed by atoms with van der Waals surface area (Å²) in [5.74, 6) is 0. The van der Waals surface area contributed by atoms with Gasteiger partial charge in [-0.15, -0.1) is 0 Å². The monoisotopic (exact) mass is 226 g/mol. The van der Waals surface area contributed by atoms with Crippen LogP contribution in [0, 0.1) is 5.41 Å². The van der Waals surface area contributed by atoms with Crippen molar-refractivity contribution in [2.24, 2.45) is 11.1 Å². The highest BCUT2D eigenvalue weighted by Crippen LogP contribution is 2.36. The van der Waals surface area contributed by atoms with Gasteiger partial charge in [0, 0.05) is 11.6 Å². The fourth-order valence-corrected chi connectivity index (χ4v) is 2.47. The van der Waals surface area contributed by atoms with E-state index in [9.17, 15) is 0 Å². The van der Waals surface area contributed by atoms with Crippen LogP contribution in [0.1, 0.15) is 59.8 Å². The zero-order valence-corrected chi connectivity index (χ0v) is 11.8. The second-order valence-corrected chi connectivity index (χ2v) is 7.11. The van der Waals surface area contributed by atoms with Crippen LogP contribution in [-0.4, -0.2) is 30.1 Å². The fraction of sp³-hybridized carbons (Fsp3) is 1.00. The topological polar surface area (TPSA) is 29.3 Å². The van der Waals surface area contributed by atoms with Crippen molar-refractivity contribution in [3.8, 4) is 0 Å². The minimum absolute atomic E-state index is 0.0256. The summed E-state index contributed by atoms with van der Waals surface area (Å²) < 4.78 is 0. The first-order valence-corrected chi connectivity index (χ1v) is 6.69. The number of rotatable bonds is 4. The minimum Gasteiger partial charge on any atom is -0.326 e. The van der Waals surface area contributed by atoms with Crippen molar-refractivity contribution in [2.45, 2.75) is 71.4 Å². The normalized spacial score (nSPS) is 22.7. The Bertz CT molecular complexity index is 205. The van der Waals surface area contributed by atoms with Crippen LogP contribution in [0.15, 0.2) is 0 Å². The first kappa shape index (κ1) is 14.0. The van der Waals surface area contributed by atoms with E-state index in [1.165, 1.54) is 25.7 Å². The van der Waals surface area contributed by atoms with E-state index in [1.807, 2.05) is 0 Å². The van der Waals surface area contributed by atoms with Crippen LogP contribution < -0.4 is 5.73 Å². The highest BCUT2D eigenvalue weighted by atomic mass is 15.1. The summed E-state index contributed by atoms with van der Waals surface area (Å²) in [5.41, 5.74) is 6.58. The maximum atomic E-state index is 6.03. The Morgan fingerprint density at radius 2 is 1.75 bits per heavy atom. The molecule has 0 aromatic rings. The van der Waals surface area contributed by atoms with Gasteiger partial charge in [0.15, 0.2) is 0 Å². The third-order valence-corrected chi connectivity index (χ3v) is 4.04. The summed E-state index contributed by atoms with van der Waals surface area (Å²) in [4.78, 5) is 2.52. The number of nitrogens with two attached hydrogens (primary N) is 1. The molecule has 0 aromatic heterocycles. The molecule has 1 aliphatic rings. The van der Waals surface area contributed by atoms with Crippen LogP contribution in [0.2, 0.25) is 0 Å². The SMILES string of the molecule is CN(CCC(C)(C)N)C1CCC(C)(C)CC1. The molecule has 2 N–H and O–H groups in total. The fourth-order valence-electron chi connectivity index (χ4n) is 2.47. The van der Waals surface area contributed by atoms with E-state index >= 15 is 0 Å². The second-order valence-electron chi connectivity index (χ2n) is 7.11. The number of hydrogen-bond acceptors (Lipinski definition) is 2. The van der Waals surface area contributed by atoms with Gasteiger partial charge in [0.1, 0.15) is 0 Å². The first-order valence-electron chi connectivity index (χ1n) is 6.69. The van der Waals surface area contributed by atoms with Gasteiger partial charge in [-0.1, -0.05) is 13.8 Å². The van der Waals surface area contributed by atoms with Crippen molar-refractivity contribution in [1.29, 1.82) is 0 Å². The van der Waals surface area contributed by atoms with Crippen LogP contribution in [0.5, 0.6) is 0 Å². The number of hydrogen-bond donors (Lipinski definition) is 1. The predicted molar refractivity (Wildman–Crippen MR) is 71.6 cm³/mol. The van der Waals surface area contributed by atoms with Crippen LogP contribution in [0.25, 0.3) is 0 Å². The molecule has 16 heavy (non-hydrogen) atoms. The minimum atomic E-state index is -0.0256. The third kappa shape index (κ3) is 4.84. The van der Waals surface area contributed by atoms with Gasteiger partial charge >= 0.3 is 0 Å². The van der Waals surface area contributed by atoms with E-state index in [0.717, 1.165) is 19.0 Å². The summed E-state index contributed by atoms with van der Waals surface area (Å²) in [6.07, 6.45) is 6.54. The molecule has 0 aliphatic heterocycles. The van der Waals surface area contributed by atoms with Crippen molar-refractivity contribution in [1.82, 2.24) is 4.90 Å². The average Bonchev–Trinajstić information content (AvgIpc) is 2.13. The first-order chi connectivity index (χ1) is 7.20. The van der Waals surface area contributed by atoms with Gasteiger partial charge in [-0.25, -0.2) is 0 Å². The molecule has 1 rings (SSSR count). The molecule has 96 valence electrons. The Morgan fingerprint density at radius 3 is 2.19 bits per heavy atom. The summed E-state index contributed by atoms with van der Waals surface area (Å²) in [6.45, 7) is 10.2. The molecule has 0 amide bonds. The summed E-state index contributed by atoms with van der Waals surface area (Å²) in [7, 11) is 2.26. The molecule has 0 aromatic carbocycles. The quantitative estimate of drug-likeness (QED) is 0.798. The molecule has 0 saturated heterocycles. The molecule has 0 heterocycles. The standard InChI is InChI=1S/C14H30N2/c1-13(2)8-6-12(7-9-13)16(5)11-10-14(3,4)15/h12H,6-11,15H2,1-5H3. The maximum Gasteiger partial charge on any atom is 0.0109 e. The molecule has 0 bridgehead atoms. The molecular weight excluding hydrogens is 196 g/mol. The van der Waals surface area contributed by atoms with Crippen LogP contribution in [-0.2, 0) is 0 Å². The van der Waals surface area contributed by atoms with Crippen molar-refractivity contribution < 1.29 is 0 Å². The average molecular weight is 226 g/mol. The largest absolute Gasteiger partial charge is 0.326 e. The molecule has 1 fully saturated rings. The van der Waals surface area contributed by atoms with Crippen molar-refractivity contribution >= 4 is 0 Å². The summed E-state index contributed by atoms with van der Waals surface area (Å²) >= 11 is 0. The third-order valence-electron chi connectivity index (χ3n) is 4.04. The van der Waals surface area contributed by atoms with E-state index < -0.39 is 0 Å². The van der Waals surface area contributed by atoms with Gasteiger partial charge in [0.2, 0.25) is 0 Å². The lowest BCUT2D eigenvalue weighted by Gasteiger charge is -2.39. The second kappa shape index (κ2) is 5.05. The van der Waals surface area contributed by atoms with Crippen LogP contribution in [0.4, 0.5) is 0 Å². The lowest BCUT2D eigenvalue weighted by Crippen LogP contribution is -2.41. The van der Waals surface area contributed by atoms with Crippen LogP contribution in [0.3, 0.4) is 0 Å². The van der Waals surface area contributed by atoms with Gasteiger partial charge in [0.25, 0.3) is 0 Å². The highest BCUT2D eigenvalue weighted by Gasteiger charge is 2.28. The van der Waals surface area contributed by atoms with E-state index in [-0.39, 0.29) is 5.54 Å². The molecule has 0 radical (unpaired) electrons. The summed E-state index contributed by atoms with van der Waals surface area (Å²) in [6, 6.07) is 0.787. The Labute approximate surface area is 102 Å². The molecule has 0 spiro atoms. The van der Waals surface area contributed by atoms with Crippen molar-refractivity contribution in [2.75, 3.05) is 13.6 Å². The Kier molecular flexibility index (Phi) is 4.42. The molecular formula is C14H30N2. The van der Waals surface area contributed by atoms with Gasteiger partial charge in [-0.2, -0.15) is 0 Å².